The van der Waals surface area contributed by atoms with Crippen LogP contribution >= 0.6 is 11.3 Å². The topological polar surface area (TPSA) is 92.4 Å². The SMILES string of the molecule is Nc1nc2c(-c3cc4nc(OCC56CCCN5CCC6)nc(N5CC6CCC(C5)N6)c4cc3F)ccc(F)c2s1. The number of hydrogen-bond acceptors (Lipinski definition) is 9. The first-order chi connectivity index (χ1) is 19.5. The molecule has 208 valence electrons. The fourth-order valence-corrected chi connectivity index (χ4v) is 8.23. The molecule has 2 aromatic heterocycles. The van der Waals surface area contributed by atoms with E-state index in [4.69, 9.17) is 20.4 Å². The Labute approximate surface area is 234 Å². The van der Waals surface area contributed by atoms with Crippen molar-refractivity contribution in [3.8, 4) is 17.1 Å². The zero-order valence-electron chi connectivity index (χ0n) is 22.1. The first-order valence-electron chi connectivity index (χ1n) is 14.2. The van der Waals surface area contributed by atoms with Gasteiger partial charge in [0, 0.05) is 41.7 Å². The Balaban J connectivity index is 1.24. The van der Waals surface area contributed by atoms with Crippen molar-refractivity contribution in [2.24, 2.45) is 0 Å². The fourth-order valence-electron chi connectivity index (χ4n) is 7.46. The zero-order chi connectivity index (χ0) is 27.0. The first-order valence-corrected chi connectivity index (χ1v) is 15.0. The Morgan fingerprint density at radius 3 is 2.55 bits per heavy atom. The van der Waals surface area contributed by atoms with Gasteiger partial charge in [-0.05, 0) is 75.9 Å². The molecule has 6 heterocycles. The minimum atomic E-state index is -0.435. The second-order valence-corrected chi connectivity index (χ2v) is 12.8. The van der Waals surface area contributed by atoms with Gasteiger partial charge in [-0.1, -0.05) is 11.3 Å². The minimum Gasteiger partial charge on any atom is -0.461 e. The number of thiazole rings is 1. The normalized spacial score (nSPS) is 23.9. The van der Waals surface area contributed by atoms with E-state index in [0.29, 0.717) is 62.8 Å². The van der Waals surface area contributed by atoms with Gasteiger partial charge in [0.25, 0.3) is 0 Å². The predicted octanol–water partition coefficient (Wildman–Crippen LogP) is 4.71. The summed E-state index contributed by atoms with van der Waals surface area (Å²) in [6, 6.07) is 7.23. The number of ether oxygens (including phenoxy) is 1. The molecule has 8 rings (SSSR count). The van der Waals surface area contributed by atoms with E-state index < -0.39 is 11.6 Å². The number of benzene rings is 2. The number of nitrogens with zero attached hydrogens (tertiary/aromatic N) is 5. The molecule has 40 heavy (non-hydrogen) atoms. The standard InChI is InChI=1S/C29H31F2N7OS/c30-21-6-5-18(24-25(21)40-27(32)35-24)19-12-23-20(11-22(19)31)26(37-13-16-3-4-17(14-37)33-16)36-28(34-23)39-15-29-7-1-9-38(29)10-2-8-29/h5-6,11-12,16-17,33H,1-4,7-10,13-15H2,(H2,32,35). The van der Waals surface area contributed by atoms with Crippen LogP contribution in [0.1, 0.15) is 38.5 Å². The highest BCUT2D eigenvalue weighted by molar-refractivity contribution is 7.22. The van der Waals surface area contributed by atoms with E-state index in [1.807, 2.05) is 0 Å². The summed E-state index contributed by atoms with van der Waals surface area (Å²) in [7, 11) is 0. The molecule has 0 amide bonds. The zero-order valence-corrected chi connectivity index (χ0v) is 22.9. The first kappa shape index (κ1) is 24.6. The molecule has 2 bridgehead atoms. The van der Waals surface area contributed by atoms with Gasteiger partial charge in [0.05, 0.1) is 21.3 Å². The number of rotatable bonds is 5. The van der Waals surface area contributed by atoms with Crippen LogP contribution in [0.15, 0.2) is 24.3 Å². The number of piperazine rings is 1. The number of fused-ring (bicyclic) bond motifs is 5. The quantitative estimate of drug-likeness (QED) is 0.361. The number of halogens is 2. The van der Waals surface area contributed by atoms with Gasteiger partial charge in [0.15, 0.2) is 5.13 Å². The molecule has 0 radical (unpaired) electrons. The lowest BCUT2D eigenvalue weighted by Gasteiger charge is -2.34. The monoisotopic (exact) mass is 563 g/mol. The highest BCUT2D eigenvalue weighted by atomic mass is 32.1. The van der Waals surface area contributed by atoms with E-state index in [0.717, 1.165) is 63.2 Å². The molecule has 11 heteroatoms. The molecule has 4 fully saturated rings. The van der Waals surface area contributed by atoms with E-state index in [9.17, 15) is 4.39 Å². The predicted molar refractivity (Wildman–Crippen MR) is 153 cm³/mol. The largest absolute Gasteiger partial charge is 0.461 e. The van der Waals surface area contributed by atoms with Gasteiger partial charge >= 0.3 is 6.01 Å². The van der Waals surface area contributed by atoms with Crippen LogP contribution in [0, 0.1) is 11.6 Å². The van der Waals surface area contributed by atoms with E-state index >= 15 is 4.39 Å². The third-order valence-corrected chi connectivity index (χ3v) is 10.2. The van der Waals surface area contributed by atoms with Gasteiger partial charge in [-0.15, -0.1) is 0 Å². The molecule has 2 aromatic carbocycles. The number of nitrogens with two attached hydrogens (primary N) is 1. The molecule has 0 aliphatic carbocycles. The number of nitrogens with one attached hydrogen (secondary N) is 1. The average molecular weight is 564 g/mol. The van der Waals surface area contributed by atoms with E-state index in [-0.39, 0.29) is 10.7 Å². The van der Waals surface area contributed by atoms with Crippen molar-refractivity contribution in [2.75, 3.05) is 43.4 Å². The molecule has 3 N–H and O–H groups in total. The molecule has 4 saturated heterocycles. The van der Waals surface area contributed by atoms with Gasteiger partial charge in [0.2, 0.25) is 0 Å². The molecule has 4 aromatic rings. The molecule has 8 nitrogen and oxygen atoms in total. The Kier molecular flexibility index (Phi) is 5.66. The summed E-state index contributed by atoms with van der Waals surface area (Å²) in [5, 5.41) is 4.55. The maximum Gasteiger partial charge on any atom is 0.319 e. The number of hydrogen-bond donors (Lipinski definition) is 2. The summed E-state index contributed by atoms with van der Waals surface area (Å²) in [5.41, 5.74) is 7.69. The molecular weight excluding hydrogens is 532 g/mol. The summed E-state index contributed by atoms with van der Waals surface area (Å²) in [6.07, 6.45) is 6.88. The van der Waals surface area contributed by atoms with Crippen LogP contribution in [0.5, 0.6) is 6.01 Å². The minimum absolute atomic E-state index is 0.0604. The number of aromatic nitrogens is 3. The third kappa shape index (κ3) is 3.93. The lowest BCUT2D eigenvalue weighted by atomic mass is 9.95. The molecule has 0 spiro atoms. The Hall–Kier alpha value is -3.15. The molecule has 4 aliphatic heterocycles. The average Bonchev–Trinajstić information content (AvgIpc) is 3.70. The van der Waals surface area contributed by atoms with Crippen LogP contribution in [0.3, 0.4) is 0 Å². The molecular formula is C29H31F2N7OS. The van der Waals surface area contributed by atoms with Crippen molar-refractivity contribution in [2.45, 2.75) is 56.1 Å². The molecule has 0 saturated carbocycles. The van der Waals surface area contributed by atoms with E-state index in [2.05, 4.69) is 20.1 Å². The summed E-state index contributed by atoms with van der Waals surface area (Å²) in [4.78, 5) is 18.8. The van der Waals surface area contributed by atoms with Crippen LogP contribution in [0.2, 0.25) is 0 Å². The van der Waals surface area contributed by atoms with E-state index in [1.165, 1.54) is 25.0 Å². The van der Waals surface area contributed by atoms with Gasteiger partial charge < -0.3 is 20.7 Å². The van der Waals surface area contributed by atoms with Crippen molar-refractivity contribution < 1.29 is 13.5 Å². The van der Waals surface area contributed by atoms with Gasteiger partial charge in [-0.3, -0.25) is 4.90 Å². The molecule has 4 aliphatic rings. The number of nitrogen functional groups attached to an aromatic ring is 1. The summed E-state index contributed by atoms with van der Waals surface area (Å²) in [6.45, 7) is 4.40. The van der Waals surface area contributed by atoms with E-state index in [1.54, 1.807) is 12.1 Å². The third-order valence-electron chi connectivity index (χ3n) is 9.34. The van der Waals surface area contributed by atoms with Crippen LogP contribution in [0.4, 0.5) is 19.7 Å². The maximum absolute atomic E-state index is 15.9. The van der Waals surface area contributed by atoms with Crippen molar-refractivity contribution >= 4 is 43.4 Å². The van der Waals surface area contributed by atoms with Crippen LogP contribution in [-0.4, -0.2) is 70.3 Å². The lowest BCUT2D eigenvalue weighted by Crippen LogP contribution is -2.51. The van der Waals surface area contributed by atoms with Crippen molar-refractivity contribution in [1.29, 1.82) is 0 Å². The summed E-state index contributed by atoms with van der Waals surface area (Å²) in [5.74, 6) is -0.150. The van der Waals surface area contributed by atoms with Crippen molar-refractivity contribution in [3.63, 3.8) is 0 Å². The maximum atomic E-state index is 15.9. The summed E-state index contributed by atoms with van der Waals surface area (Å²) >= 11 is 1.06. The van der Waals surface area contributed by atoms with Crippen LogP contribution in [-0.2, 0) is 0 Å². The Morgan fingerprint density at radius 1 is 1.00 bits per heavy atom. The van der Waals surface area contributed by atoms with Crippen molar-refractivity contribution in [3.05, 3.63) is 35.9 Å². The lowest BCUT2D eigenvalue weighted by molar-refractivity contribution is 0.108. The fraction of sp³-hybridized carbons (Fsp3) is 0.483. The van der Waals surface area contributed by atoms with Gasteiger partial charge in [0.1, 0.15) is 24.1 Å². The van der Waals surface area contributed by atoms with Crippen LogP contribution in [0.25, 0.3) is 32.2 Å². The van der Waals surface area contributed by atoms with Crippen molar-refractivity contribution in [1.82, 2.24) is 25.2 Å². The molecule has 2 unspecified atom stereocenters. The number of anilines is 2. The Bertz CT molecular complexity index is 1620. The Morgan fingerprint density at radius 2 is 1.77 bits per heavy atom. The smallest absolute Gasteiger partial charge is 0.319 e. The van der Waals surface area contributed by atoms with Gasteiger partial charge in [-0.2, -0.15) is 9.97 Å². The second kappa shape index (κ2) is 9.19. The highest BCUT2D eigenvalue weighted by Gasteiger charge is 2.45. The van der Waals surface area contributed by atoms with Gasteiger partial charge in [-0.25, -0.2) is 13.8 Å². The molecule has 2 atom stereocenters. The second-order valence-electron chi connectivity index (χ2n) is 11.8. The van der Waals surface area contributed by atoms with Crippen LogP contribution < -0.4 is 20.7 Å². The highest BCUT2D eigenvalue weighted by Crippen LogP contribution is 2.41. The summed E-state index contributed by atoms with van der Waals surface area (Å²) < 4.78 is 37.1.